The largest absolute Gasteiger partial charge is 0.436 e. The summed E-state index contributed by atoms with van der Waals surface area (Å²) < 4.78 is 62.4. The third-order valence-corrected chi connectivity index (χ3v) is 3.47. The highest BCUT2D eigenvalue weighted by molar-refractivity contribution is 6.30. The number of hydrogen-bond acceptors (Lipinski definition) is 3. The Hall–Kier alpha value is -1.18. The first kappa shape index (κ1) is 15.2. The molecule has 0 radical (unpaired) electrons. The molecule has 0 unspecified atom stereocenters. The lowest BCUT2D eigenvalue weighted by Gasteiger charge is -2.32. The summed E-state index contributed by atoms with van der Waals surface area (Å²) in [4.78, 5) is 8.53. The van der Waals surface area contributed by atoms with Crippen molar-refractivity contribution in [2.75, 3.05) is 18.0 Å². The minimum absolute atomic E-state index is 0.177. The molecule has 112 valence electrons. The Morgan fingerprint density at radius 1 is 1.25 bits per heavy atom. The molecule has 1 saturated heterocycles. The van der Waals surface area contributed by atoms with Gasteiger partial charge in [0.1, 0.15) is 5.82 Å². The van der Waals surface area contributed by atoms with Gasteiger partial charge in [-0.1, -0.05) is 11.6 Å². The summed E-state index contributed by atoms with van der Waals surface area (Å²) in [6.07, 6.45) is -5.54. The van der Waals surface area contributed by atoms with Crippen LogP contribution in [0.15, 0.2) is 6.20 Å². The first-order valence-corrected chi connectivity index (χ1v) is 6.29. The molecular formula is C11H11ClF5N3. The summed E-state index contributed by atoms with van der Waals surface area (Å²) >= 11 is 5.47. The van der Waals surface area contributed by atoms with Crippen molar-refractivity contribution in [3.05, 3.63) is 17.0 Å². The molecule has 1 fully saturated rings. The molecular weight excluding hydrogens is 305 g/mol. The summed E-state index contributed by atoms with van der Waals surface area (Å²) in [5.41, 5.74) is -1.25. The quantitative estimate of drug-likeness (QED) is 0.780. The molecule has 0 atom stereocenters. The summed E-state index contributed by atoms with van der Waals surface area (Å²) in [6, 6.07) is 0. The van der Waals surface area contributed by atoms with Crippen molar-refractivity contribution in [1.82, 2.24) is 9.97 Å². The maximum absolute atomic E-state index is 12.5. The van der Waals surface area contributed by atoms with Crippen molar-refractivity contribution in [1.29, 1.82) is 0 Å². The van der Waals surface area contributed by atoms with Crippen LogP contribution in [0.4, 0.5) is 27.8 Å². The first-order valence-electron chi connectivity index (χ1n) is 5.92. The van der Waals surface area contributed by atoms with E-state index in [0.717, 1.165) is 6.20 Å². The van der Waals surface area contributed by atoms with Crippen molar-refractivity contribution in [3.8, 4) is 0 Å². The van der Waals surface area contributed by atoms with Gasteiger partial charge in [0.2, 0.25) is 6.43 Å². The lowest BCUT2D eigenvalue weighted by molar-refractivity contribution is -0.141. The molecule has 0 aromatic carbocycles. The predicted molar refractivity (Wildman–Crippen MR) is 63.0 cm³/mol. The highest BCUT2D eigenvalue weighted by atomic mass is 35.5. The normalized spacial score (nSPS) is 17.9. The van der Waals surface area contributed by atoms with E-state index in [1.54, 1.807) is 4.90 Å². The van der Waals surface area contributed by atoms with Crippen LogP contribution in [0, 0.1) is 5.92 Å². The molecule has 1 aliphatic heterocycles. The fourth-order valence-corrected chi connectivity index (χ4v) is 2.32. The highest BCUT2D eigenvalue weighted by Crippen LogP contribution is 2.33. The van der Waals surface area contributed by atoms with Gasteiger partial charge in [-0.05, 0) is 12.8 Å². The average molecular weight is 316 g/mol. The van der Waals surface area contributed by atoms with Crippen molar-refractivity contribution < 1.29 is 22.0 Å². The zero-order valence-corrected chi connectivity index (χ0v) is 10.9. The number of alkyl halides is 5. The van der Waals surface area contributed by atoms with Crippen molar-refractivity contribution in [3.63, 3.8) is 0 Å². The van der Waals surface area contributed by atoms with E-state index in [9.17, 15) is 22.0 Å². The number of rotatable bonds is 2. The lowest BCUT2D eigenvalue weighted by Crippen LogP contribution is -2.36. The molecule has 1 aromatic rings. The van der Waals surface area contributed by atoms with Gasteiger partial charge in [-0.15, -0.1) is 0 Å². The van der Waals surface area contributed by atoms with Crippen molar-refractivity contribution in [2.24, 2.45) is 5.92 Å². The Kier molecular flexibility index (Phi) is 4.31. The van der Waals surface area contributed by atoms with Crippen molar-refractivity contribution >= 4 is 17.4 Å². The molecule has 2 rings (SSSR count). The van der Waals surface area contributed by atoms with E-state index in [2.05, 4.69) is 9.97 Å². The zero-order chi connectivity index (χ0) is 14.9. The third-order valence-electron chi connectivity index (χ3n) is 3.21. The molecule has 0 N–H and O–H groups in total. The summed E-state index contributed by atoms with van der Waals surface area (Å²) in [7, 11) is 0. The molecule has 9 heteroatoms. The smallest absolute Gasteiger partial charge is 0.355 e. The molecule has 1 aliphatic rings. The van der Waals surface area contributed by atoms with Crippen LogP contribution in [0.5, 0.6) is 0 Å². The molecule has 20 heavy (non-hydrogen) atoms. The second kappa shape index (κ2) is 5.67. The standard InChI is InChI=1S/C11H11ClF5N3/c12-9-8(11(15,16)17)18-5-7(19-9)20-3-1-6(2-4-20)10(13)14/h5-6,10H,1-4H2. The molecule has 3 nitrogen and oxygen atoms in total. The molecule has 2 heterocycles. The molecule has 1 aromatic heterocycles. The van der Waals surface area contributed by atoms with E-state index in [0.29, 0.717) is 13.1 Å². The molecule has 0 spiro atoms. The highest BCUT2D eigenvalue weighted by Gasteiger charge is 2.36. The van der Waals surface area contributed by atoms with Crippen LogP contribution in [0.3, 0.4) is 0 Å². The Morgan fingerprint density at radius 2 is 1.85 bits per heavy atom. The summed E-state index contributed by atoms with van der Waals surface area (Å²) in [5.74, 6) is -0.500. The van der Waals surface area contributed by atoms with Gasteiger partial charge in [-0.3, -0.25) is 0 Å². The second-order valence-corrected chi connectivity index (χ2v) is 4.88. The summed E-state index contributed by atoms with van der Waals surface area (Å²) in [5, 5.41) is -0.731. The van der Waals surface area contributed by atoms with E-state index in [4.69, 9.17) is 11.6 Å². The average Bonchev–Trinajstić information content (AvgIpc) is 2.37. The van der Waals surface area contributed by atoms with E-state index < -0.39 is 29.4 Å². The minimum atomic E-state index is -4.66. The van der Waals surface area contributed by atoms with E-state index >= 15 is 0 Å². The third kappa shape index (κ3) is 3.28. The van der Waals surface area contributed by atoms with Gasteiger partial charge >= 0.3 is 6.18 Å². The van der Waals surface area contributed by atoms with Crippen molar-refractivity contribution in [2.45, 2.75) is 25.4 Å². The van der Waals surface area contributed by atoms with Gasteiger partial charge in [0.25, 0.3) is 0 Å². The van der Waals surface area contributed by atoms with Crippen LogP contribution >= 0.6 is 11.6 Å². The Balaban J connectivity index is 2.10. The number of halogens is 6. The topological polar surface area (TPSA) is 29.0 Å². The number of hydrogen-bond donors (Lipinski definition) is 0. The SMILES string of the molecule is FC(F)C1CCN(c2cnc(C(F)(F)F)c(Cl)n2)CC1. The Morgan fingerprint density at radius 3 is 2.30 bits per heavy atom. The van der Waals surface area contributed by atoms with Crippen LogP contribution in [0.2, 0.25) is 5.15 Å². The molecule has 0 bridgehead atoms. The number of piperidine rings is 1. The van der Waals surface area contributed by atoms with Gasteiger partial charge < -0.3 is 4.90 Å². The zero-order valence-electron chi connectivity index (χ0n) is 10.2. The predicted octanol–water partition coefficient (Wildman–Crippen LogP) is 3.63. The van der Waals surface area contributed by atoms with Gasteiger partial charge in [-0.2, -0.15) is 13.2 Å². The maximum Gasteiger partial charge on any atom is 0.436 e. The molecule has 0 amide bonds. The minimum Gasteiger partial charge on any atom is -0.355 e. The second-order valence-electron chi connectivity index (χ2n) is 4.52. The van der Waals surface area contributed by atoms with Crippen LogP contribution in [-0.4, -0.2) is 29.5 Å². The lowest BCUT2D eigenvalue weighted by atomic mass is 9.97. The fraction of sp³-hybridized carbons (Fsp3) is 0.636. The Bertz CT molecular complexity index is 472. The van der Waals surface area contributed by atoms with Crippen LogP contribution < -0.4 is 4.90 Å². The first-order chi connectivity index (χ1) is 9.29. The number of aromatic nitrogens is 2. The molecule has 0 aliphatic carbocycles. The number of nitrogens with zero attached hydrogens (tertiary/aromatic N) is 3. The van der Waals surface area contributed by atoms with Crippen LogP contribution in [-0.2, 0) is 6.18 Å². The van der Waals surface area contributed by atoms with E-state index in [-0.39, 0.29) is 18.7 Å². The van der Waals surface area contributed by atoms with Gasteiger partial charge in [-0.25, -0.2) is 18.7 Å². The van der Waals surface area contributed by atoms with E-state index in [1.807, 2.05) is 0 Å². The van der Waals surface area contributed by atoms with Crippen LogP contribution in [0.1, 0.15) is 18.5 Å². The number of anilines is 1. The van der Waals surface area contributed by atoms with Gasteiger partial charge in [0, 0.05) is 19.0 Å². The van der Waals surface area contributed by atoms with Gasteiger partial charge in [0.05, 0.1) is 6.20 Å². The van der Waals surface area contributed by atoms with Gasteiger partial charge in [0.15, 0.2) is 10.8 Å². The van der Waals surface area contributed by atoms with E-state index in [1.165, 1.54) is 0 Å². The Labute approximate surface area is 116 Å². The maximum atomic E-state index is 12.5. The monoisotopic (exact) mass is 315 g/mol. The molecule has 0 saturated carbocycles. The van der Waals surface area contributed by atoms with Crippen LogP contribution in [0.25, 0.3) is 0 Å². The fourth-order valence-electron chi connectivity index (χ4n) is 2.08. The summed E-state index contributed by atoms with van der Waals surface area (Å²) in [6.45, 7) is 0.594.